The molecule has 0 rings (SSSR count). The largest absolute Gasteiger partial charge is 0.550 e. The fourth-order valence-corrected chi connectivity index (χ4v) is 0.619. The van der Waals surface area contributed by atoms with Gasteiger partial charge in [0.25, 0.3) is 0 Å². The van der Waals surface area contributed by atoms with Gasteiger partial charge in [-0.2, -0.15) is 0 Å². The van der Waals surface area contributed by atoms with Crippen molar-refractivity contribution in [2.24, 2.45) is 0 Å². The topological polar surface area (TPSA) is 101 Å². The van der Waals surface area contributed by atoms with Gasteiger partial charge in [-0.15, -0.1) is 0 Å². The van der Waals surface area contributed by atoms with E-state index in [0.29, 0.717) is 6.61 Å². The quantitative estimate of drug-likeness (QED) is 0.455. The van der Waals surface area contributed by atoms with Gasteiger partial charge in [0.15, 0.2) is 0 Å². The van der Waals surface area contributed by atoms with Crippen molar-refractivity contribution in [2.75, 3.05) is 6.61 Å². The van der Waals surface area contributed by atoms with Crippen molar-refractivity contribution in [3.05, 3.63) is 0 Å². The van der Waals surface area contributed by atoms with Crippen molar-refractivity contribution >= 4 is 23.5 Å². The molecule has 0 aliphatic carbocycles. The molecule has 0 amide bonds. The number of carboxylic acids is 1. The summed E-state index contributed by atoms with van der Waals surface area (Å²) in [6.07, 6.45) is -0.576. The van der Waals surface area contributed by atoms with Crippen LogP contribution in [0.1, 0.15) is 33.6 Å². The lowest BCUT2D eigenvalue weighted by atomic mass is 10.3. The number of ether oxygens (including phenoxy) is 1. The highest BCUT2D eigenvalue weighted by molar-refractivity contribution is 5.94. The maximum absolute atomic E-state index is 10.4. The van der Waals surface area contributed by atoms with Crippen molar-refractivity contribution in [1.29, 1.82) is 0 Å². The number of carbonyl (C=O) groups is 4. The molecule has 0 radical (unpaired) electrons. The van der Waals surface area contributed by atoms with E-state index in [4.69, 9.17) is 0 Å². The molecule has 6 heteroatoms. The summed E-state index contributed by atoms with van der Waals surface area (Å²) in [5.74, 6) is -2.29. The maximum Gasteiger partial charge on any atom is 0.313 e. The zero-order valence-corrected chi connectivity index (χ0v) is 9.57. The molecule has 92 valence electrons. The standard InChI is InChI=1S/C6H10O3.C4H6O3/c1-3-9-6(8)4-5(2)7;1-3(5)2-4(6)7/h3-4H2,1-2H3;2H2,1H3,(H,6,7)/p-1. The first-order valence-corrected chi connectivity index (χ1v) is 4.63. The summed E-state index contributed by atoms with van der Waals surface area (Å²) in [5.41, 5.74) is 0. The molecule has 0 heterocycles. The summed E-state index contributed by atoms with van der Waals surface area (Å²) >= 11 is 0. The normalized spacial score (nSPS) is 8.44. The van der Waals surface area contributed by atoms with Gasteiger partial charge in [0.05, 0.1) is 6.61 Å². The second-order valence-electron chi connectivity index (χ2n) is 2.93. The van der Waals surface area contributed by atoms with Gasteiger partial charge in [0.1, 0.15) is 18.0 Å². The van der Waals surface area contributed by atoms with Crippen molar-refractivity contribution < 1.29 is 29.0 Å². The molecule has 0 aliphatic heterocycles. The Morgan fingerprint density at radius 2 is 1.44 bits per heavy atom. The van der Waals surface area contributed by atoms with Gasteiger partial charge < -0.3 is 14.6 Å². The Kier molecular flexibility index (Phi) is 10.3. The van der Waals surface area contributed by atoms with Gasteiger partial charge in [0.2, 0.25) is 0 Å². The Labute approximate surface area is 93.6 Å². The van der Waals surface area contributed by atoms with E-state index in [1.807, 2.05) is 0 Å². The van der Waals surface area contributed by atoms with E-state index in [-0.39, 0.29) is 18.0 Å². The first-order valence-electron chi connectivity index (χ1n) is 4.63. The highest BCUT2D eigenvalue weighted by Crippen LogP contribution is 1.86. The molecule has 16 heavy (non-hydrogen) atoms. The molecule has 0 fully saturated rings. The summed E-state index contributed by atoms with van der Waals surface area (Å²) in [7, 11) is 0. The molecule has 0 N–H and O–H groups in total. The minimum absolute atomic E-state index is 0.103. The van der Waals surface area contributed by atoms with Crippen molar-refractivity contribution in [3.8, 4) is 0 Å². The number of carboxylic acid groups (broad SMARTS) is 1. The minimum Gasteiger partial charge on any atom is -0.550 e. The van der Waals surface area contributed by atoms with Gasteiger partial charge in [-0.05, 0) is 20.8 Å². The average Bonchev–Trinajstić information content (AvgIpc) is 2.00. The summed E-state index contributed by atoms with van der Waals surface area (Å²) < 4.78 is 4.49. The monoisotopic (exact) mass is 231 g/mol. The van der Waals surface area contributed by atoms with Crippen LogP contribution < -0.4 is 5.11 Å². The Bertz CT molecular complexity index is 256. The van der Waals surface area contributed by atoms with Gasteiger partial charge in [-0.25, -0.2) is 0 Å². The van der Waals surface area contributed by atoms with E-state index >= 15 is 0 Å². The maximum atomic E-state index is 10.4. The van der Waals surface area contributed by atoms with Gasteiger partial charge in [-0.1, -0.05) is 0 Å². The lowest BCUT2D eigenvalue weighted by Gasteiger charge is -1.96. The van der Waals surface area contributed by atoms with Crippen molar-refractivity contribution in [1.82, 2.24) is 0 Å². The van der Waals surface area contributed by atoms with Crippen LogP contribution in [-0.2, 0) is 23.9 Å². The smallest absolute Gasteiger partial charge is 0.313 e. The van der Waals surface area contributed by atoms with Crippen LogP contribution in [0.3, 0.4) is 0 Å². The molecule has 0 aliphatic rings. The number of Topliss-reactive ketones (excluding diaryl/α,β-unsaturated/α-hetero) is 2. The van der Waals surface area contributed by atoms with Crippen LogP contribution in [0.15, 0.2) is 0 Å². The molecule has 0 saturated heterocycles. The van der Waals surface area contributed by atoms with Crippen LogP contribution in [0.4, 0.5) is 0 Å². The third-order valence-electron chi connectivity index (χ3n) is 1.09. The molecule has 0 aromatic heterocycles. The highest BCUT2D eigenvalue weighted by atomic mass is 16.5. The third kappa shape index (κ3) is 18.1. The van der Waals surface area contributed by atoms with Crippen LogP contribution in [0.5, 0.6) is 0 Å². The molecule has 0 spiro atoms. The highest BCUT2D eigenvalue weighted by Gasteiger charge is 2.03. The molecular weight excluding hydrogens is 216 g/mol. The van der Waals surface area contributed by atoms with Crippen molar-refractivity contribution in [2.45, 2.75) is 33.6 Å². The summed E-state index contributed by atoms with van der Waals surface area (Å²) in [4.78, 5) is 39.9. The Morgan fingerprint density at radius 1 is 1.00 bits per heavy atom. The lowest BCUT2D eigenvalue weighted by molar-refractivity contribution is -0.304. The van der Waals surface area contributed by atoms with Crippen LogP contribution in [0.25, 0.3) is 0 Å². The fraction of sp³-hybridized carbons (Fsp3) is 0.600. The molecule has 0 aromatic rings. The fourth-order valence-electron chi connectivity index (χ4n) is 0.619. The molecule has 0 bridgehead atoms. The number of hydrogen-bond acceptors (Lipinski definition) is 6. The second-order valence-corrected chi connectivity index (χ2v) is 2.93. The SMILES string of the molecule is CC(=O)CC(=O)[O-].CCOC(=O)CC(C)=O. The number of aliphatic carboxylic acids is 1. The molecule has 6 nitrogen and oxygen atoms in total. The number of hydrogen-bond donors (Lipinski definition) is 0. The molecule has 0 unspecified atom stereocenters. The van der Waals surface area contributed by atoms with Crippen LogP contribution in [0.2, 0.25) is 0 Å². The van der Waals surface area contributed by atoms with E-state index < -0.39 is 18.4 Å². The van der Waals surface area contributed by atoms with Gasteiger partial charge in [0, 0.05) is 12.4 Å². The number of carbonyl (C=O) groups excluding carboxylic acids is 4. The van der Waals surface area contributed by atoms with E-state index in [1.165, 1.54) is 13.8 Å². The van der Waals surface area contributed by atoms with Crippen LogP contribution in [0, 0.1) is 0 Å². The van der Waals surface area contributed by atoms with E-state index in [1.54, 1.807) is 6.92 Å². The Balaban J connectivity index is 0. The van der Waals surface area contributed by atoms with Crippen LogP contribution in [-0.4, -0.2) is 30.1 Å². The van der Waals surface area contributed by atoms with E-state index in [2.05, 4.69) is 4.74 Å². The zero-order valence-electron chi connectivity index (χ0n) is 9.57. The van der Waals surface area contributed by atoms with E-state index in [9.17, 15) is 24.3 Å². The second kappa shape index (κ2) is 9.82. The summed E-state index contributed by atoms with van der Waals surface area (Å²) in [5, 5.41) is 9.48. The Morgan fingerprint density at radius 3 is 1.62 bits per heavy atom. The first-order chi connectivity index (χ1) is 7.29. The predicted molar refractivity (Wildman–Crippen MR) is 52.2 cm³/mol. The molecule has 0 saturated carbocycles. The van der Waals surface area contributed by atoms with Crippen molar-refractivity contribution in [3.63, 3.8) is 0 Å². The predicted octanol–water partition coefficient (Wildman–Crippen LogP) is -0.756. The van der Waals surface area contributed by atoms with E-state index in [0.717, 1.165) is 0 Å². The lowest BCUT2D eigenvalue weighted by Crippen LogP contribution is -2.24. The van der Waals surface area contributed by atoms with Gasteiger partial charge in [-0.3, -0.25) is 14.4 Å². The summed E-state index contributed by atoms with van der Waals surface area (Å²) in [6.45, 7) is 4.61. The van der Waals surface area contributed by atoms with Crippen LogP contribution >= 0.6 is 0 Å². The summed E-state index contributed by atoms with van der Waals surface area (Å²) in [6, 6.07) is 0. The number of esters is 1. The van der Waals surface area contributed by atoms with Gasteiger partial charge >= 0.3 is 5.97 Å². The number of rotatable bonds is 5. The average molecular weight is 231 g/mol. The number of ketones is 2. The molecule has 0 aromatic carbocycles. The zero-order chi connectivity index (χ0) is 13.1. The first kappa shape index (κ1) is 16.7. The molecular formula is C10H15O6-. The minimum atomic E-state index is -1.31. The Hall–Kier alpha value is -1.72. The molecule has 0 atom stereocenters. The third-order valence-corrected chi connectivity index (χ3v) is 1.09.